The first-order valence-corrected chi connectivity index (χ1v) is 10.5. The zero-order valence-corrected chi connectivity index (χ0v) is 14.5. The molecule has 2 amide bonds. The molecule has 0 bridgehead atoms. The molecule has 134 valence electrons. The molecule has 0 radical (unpaired) electrons. The molecule has 11 heteroatoms. The van der Waals surface area contributed by atoms with Crippen molar-refractivity contribution in [2.75, 3.05) is 24.9 Å². The van der Waals surface area contributed by atoms with Gasteiger partial charge in [0.15, 0.2) is 0 Å². The summed E-state index contributed by atoms with van der Waals surface area (Å²) in [5.41, 5.74) is -0.331. The molecule has 0 saturated heterocycles. The monoisotopic (exact) mass is 371 g/mol. The number of hydrogen-bond donors (Lipinski definition) is 6. The van der Waals surface area contributed by atoms with Crippen molar-refractivity contribution in [3.63, 3.8) is 0 Å². The second-order valence-corrected chi connectivity index (χ2v) is 9.66. The fourth-order valence-electron chi connectivity index (χ4n) is 2.00. The Morgan fingerprint density at radius 1 is 1.39 bits per heavy atom. The van der Waals surface area contributed by atoms with Gasteiger partial charge >= 0.3 is 14.0 Å². The number of nitrogens with zero attached hydrogens (tertiary/aromatic N) is 1. The molecular formula is C12H24N2O7PS+. The molecule has 0 aromatic rings. The van der Waals surface area contributed by atoms with Gasteiger partial charge in [-0.2, -0.15) is 25.3 Å². The number of urea groups is 1. The predicted octanol–water partition coefficient (Wildman–Crippen LogP) is 1.28. The number of hydrogen-bond acceptors (Lipinski definition) is 7. The van der Waals surface area contributed by atoms with E-state index in [9.17, 15) is 13.9 Å². The summed E-state index contributed by atoms with van der Waals surface area (Å²) >= 11 is 0. The van der Waals surface area contributed by atoms with E-state index in [1.54, 1.807) is 12.3 Å². The van der Waals surface area contributed by atoms with Crippen LogP contribution in [0.15, 0.2) is 24.6 Å². The average molecular weight is 371 g/mol. The largest absolute Gasteiger partial charge is 0.423 e. The van der Waals surface area contributed by atoms with Crippen molar-refractivity contribution in [1.82, 2.24) is 10.2 Å². The van der Waals surface area contributed by atoms with Gasteiger partial charge < -0.3 is 15.0 Å². The van der Waals surface area contributed by atoms with Crippen LogP contribution < -0.4 is 5.32 Å². The van der Waals surface area contributed by atoms with E-state index < -0.39 is 24.0 Å². The van der Waals surface area contributed by atoms with E-state index in [4.69, 9.17) is 19.4 Å². The number of carbonyl (C=O) groups is 1. The minimum absolute atomic E-state index is 0.131. The number of amides is 2. The lowest BCUT2D eigenvalue weighted by molar-refractivity contribution is 0.0869. The quantitative estimate of drug-likeness (QED) is 0.335. The van der Waals surface area contributed by atoms with Crippen molar-refractivity contribution < 1.29 is 33.3 Å². The molecule has 0 fully saturated rings. The standard InChI is InChI=1S/C12H23N2O7PS/c1-10-3-6-14(12(15)13-10)7-4-11(21-2)5-8-23(19,20)9-22(16,17)18/h3,6,11,16-18H,1,4-5,7-9H2,2H3,(H2-,13,15,19,20)/p+1/t11-/m0/s1. The number of ether oxygens (including phenoxy) is 1. The minimum atomic E-state index is -4.24. The summed E-state index contributed by atoms with van der Waals surface area (Å²) < 4.78 is 24.7. The Bertz CT molecular complexity index is 467. The molecule has 0 aromatic carbocycles. The summed E-state index contributed by atoms with van der Waals surface area (Å²) in [5.74, 6) is -0.131. The second-order valence-electron chi connectivity index (χ2n) is 5.23. The van der Waals surface area contributed by atoms with Gasteiger partial charge in [0, 0.05) is 31.3 Å². The van der Waals surface area contributed by atoms with Gasteiger partial charge in [-0.15, -0.1) is 0 Å². The van der Waals surface area contributed by atoms with Crippen LogP contribution in [-0.4, -0.2) is 65.7 Å². The lowest BCUT2D eigenvalue weighted by atomic mass is 10.2. The van der Waals surface area contributed by atoms with Gasteiger partial charge in [0.25, 0.3) is 0 Å². The third-order valence-corrected chi connectivity index (χ3v) is 7.09. The summed E-state index contributed by atoms with van der Waals surface area (Å²) in [6.45, 7) is 3.98. The average Bonchev–Trinajstić information content (AvgIpc) is 2.38. The highest BCUT2D eigenvalue weighted by molar-refractivity contribution is 8.27. The van der Waals surface area contributed by atoms with Gasteiger partial charge in [-0.1, -0.05) is 6.58 Å². The zero-order chi connectivity index (χ0) is 17.7. The number of carbonyl (C=O) groups excluding carboxylic acids is 1. The Hall–Kier alpha value is -0.710. The van der Waals surface area contributed by atoms with Crippen molar-refractivity contribution in [1.29, 1.82) is 0 Å². The van der Waals surface area contributed by atoms with Crippen molar-refractivity contribution in [2.45, 2.75) is 18.9 Å². The van der Waals surface area contributed by atoms with Crippen LogP contribution >= 0.6 is 18.5 Å². The number of allylic oxidation sites excluding steroid dienone is 1. The maximum atomic E-state index is 11.7. The first-order valence-electron chi connectivity index (χ1n) is 6.80. The topological polar surface area (TPSA) is 143 Å². The van der Waals surface area contributed by atoms with Gasteiger partial charge in [0.1, 0.15) is 0 Å². The third kappa shape index (κ3) is 8.09. The predicted molar refractivity (Wildman–Crippen MR) is 89.7 cm³/mol. The Balaban J connectivity index is 2.44. The number of rotatable bonds is 9. The Morgan fingerprint density at radius 2 is 2.04 bits per heavy atom. The van der Waals surface area contributed by atoms with E-state index >= 15 is 0 Å². The molecule has 0 saturated carbocycles. The molecule has 0 unspecified atom stereocenters. The number of nitrogens with one attached hydrogen (secondary N) is 1. The highest BCUT2D eigenvalue weighted by atomic mass is 32.3. The van der Waals surface area contributed by atoms with Gasteiger partial charge in [-0.25, -0.2) is 4.79 Å². The third-order valence-electron chi connectivity index (χ3n) is 3.16. The fraction of sp³-hybridized carbons (Fsp3) is 0.583. The van der Waals surface area contributed by atoms with Crippen LogP contribution in [-0.2, 0) is 4.74 Å². The molecule has 0 aromatic heterocycles. The van der Waals surface area contributed by atoms with Gasteiger partial charge in [-0.05, 0) is 18.9 Å². The highest BCUT2D eigenvalue weighted by Gasteiger charge is 2.37. The van der Waals surface area contributed by atoms with Crippen LogP contribution in [0.3, 0.4) is 0 Å². The van der Waals surface area contributed by atoms with Gasteiger partial charge in [0.05, 0.1) is 6.10 Å². The molecule has 1 aliphatic rings. The van der Waals surface area contributed by atoms with Crippen molar-refractivity contribution in [2.24, 2.45) is 0 Å². The molecule has 1 atom stereocenters. The van der Waals surface area contributed by atoms with E-state index in [0.29, 0.717) is 18.7 Å². The highest BCUT2D eigenvalue weighted by Crippen LogP contribution is 2.58. The Kier molecular flexibility index (Phi) is 7.43. The van der Waals surface area contributed by atoms with E-state index in [-0.39, 0.29) is 24.3 Å². The van der Waals surface area contributed by atoms with Crippen LogP contribution in [0.4, 0.5) is 4.79 Å². The summed E-state index contributed by atoms with van der Waals surface area (Å²) in [6, 6.07) is -0.299. The van der Waals surface area contributed by atoms with Crippen LogP contribution in [0.2, 0.25) is 0 Å². The van der Waals surface area contributed by atoms with Crippen LogP contribution in [0, 0.1) is 0 Å². The molecule has 1 rings (SSSR count). The van der Waals surface area contributed by atoms with Crippen molar-refractivity contribution >= 4 is 24.6 Å². The minimum Gasteiger partial charge on any atom is -0.381 e. The molecule has 1 heterocycles. The SMILES string of the molecule is C=C1C=CN(CC[C@@H](CCS(O)(O)C[P+](O)(O)O)OC)C(=O)N1. The molecule has 6 N–H and O–H groups in total. The summed E-state index contributed by atoms with van der Waals surface area (Å²) in [7, 11) is -6.08. The molecular weight excluding hydrogens is 347 g/mol. The normalized spacial score (nSPS) is 18.1. The van der Waals surface area contributed by atoms with E-state index in [0.717, 1.165) is 0 Å². The Morgan fingerprint density at radius 3 is 2.57 bits per heavy atom. The lowest BCUT2D eigenvalue weighted by Gasteiger charge is -2.32. The van der Waals surface area contributed by atoms with Crippen molar-refractivity contribution in [3.05, 3.63) is 24.6 Å². The lowest BCUT2D eigenvalue weighted by Crippen LogP contribution is -2.40. The molecule has 0 spiro atoms. The maximum Gasteiger partial charge on any atom is 0.423 e. The smallest absolute Gasteiger partial charge is 0.381 e. The summed E-state index contributed by atoms with van der Waals surface area (Å²) in [5, 5.41) is 2.56. The second kappa shape index (κ2) is 8.41. The summed E-state index contributed by atoms with van der Waals surface area (Å²) in [4.78, 5) is 39.9. The van der Waals surface area contributed by atoms with E-state index in [1.165, 1.54) is 12.0 Å². The molecule has 0 aliphatic carbocycles. The first-order chi connectivity index (χ1) is 10.5. The maximum absolute atomic E-state index is 11.7. The van der Waals surface area contributed by atoms with Crippen molar-refractivity contribution in [3.8, 4) is 0 Å². The first kappa shape index (κ1) is 20.3. The molecule has 23 heavy (non-hydrogen) atoms. The Labute approximate surface area is 137 Å². The zero-order valence-electron chi connectivity index (χ0n) is 12.8. The van der Waals surface area contributed by atoms with E-state index in [2.05, 4.69) is 11.9 Å². The van der Waals surface area contributed by atoms with Crippen LogP contribution in [0.25, 0.3) is 0 Å². The van der Waals surface area contributed by atoms with Crippen LogP contribution in [0.5, 0.6) is 0 Å². The van der Waals surface area contributed by atoms with E-state index in [1.807, 2.05) is 0 Å². The van der Waals surface area contributed by atoms with Gasteiger partial charge in [0.2, 0.25) is 5.49 Å². The van der Waals surface area contributed by atoms with Crippen LogP contribution in [0.1, 0.15) is 12.8 Å². The molecule has 1 aliphatic heterocycles. The fourth-order valence-corrected chi connectivity index (χ4v) is 5.38. The number of methoxy groups -OCH3 is 1. The molecule has 9 nitrogen and oxygen atoms in total. The summed E-state index contributed by atoms with van der Waals surface area (Å²) in [6.07, 6.45) is 3.60. The van der Waals surface area contributed by atoms with Gasteiger partial charge in [-0.3, -0.25) is 9.11 Å².